The van der Waals surface area contributed by atoms with Gasteiger partial charge in [-0.3, -0.25) is 4.90 Å². The molecule has 1 aliphatic carbocycles. The molecular weight excluding hydrogens is 490 g/mol. The third-order valence-corrected chi connectivity index (χ3v) is 7.27. The van der Waals surface area contributed by atoms with E-state index in [1.165, 1.54) is 24.3 Å². The lowest BCUT2D eigenvalue weighted by molar-refractivity contribution is -0.274. The van der Waals surface area contributed by atoms with Crippen molar-refractivity contribution in [2.45, 2.75) is 75.5 Å². The number of halogens is 5. The van der Waals surface area contributed by atoms with Crippen LogP contribution in [0, 0.1) is 5.82 Å². The lowest BCUT2D eigenvalue weighted by atomic mass is 9.95. The first-order valence-corrected chi connectivity index (χ1v) is 12.0. The van der Waals surface area contributed by atoms with Gasteiger partial charge in [0.25, 0.3) is 0 Å². The van der Waals surface area contributed by atoms with E-state index in [0.717, 1.165) is 42.9 Å². The second-order valence-electron chi connectivity index (χ2n) is 9.55. The number of carboxylic acid groups (broad SMARTS) is 1. The standard InChI is InChI=1S/C25H24ClF4NO4/c26-15-6-18(10-20(7-15)35-25(28,29)30)34-19-8-16-3-4-17(9-19)31(16)12-14-5-23(27)22(24(32)33)11-21(14)13-1-2-13/h5-7,10-11,13,16-17,19H,1-4,8-9,12H2,(H,32,33)/t16-,17?,19?/m1/s1. The molecule has 2 aliphatic heterocycles. The Morgan fingerprint density at radius 3 is 2.29 bits per heavy atom. The molecule has 5 rings (SSSR count). The second kappa shape index (κ2) is 9.17. The summed E-state index contributed by atoms with van der Waals surface area (Å²) in [4.78, 5) is 13.7. The first-order chi connectivity index (χ1) is 16.6. The Hall–Kier alpha value is -2.52. The molecule has 2 heterocycles. The molecule has 3 fully saturated rings. The van der Waals surface area contributed by atoms with E-state index in [2.05, 4.69) is 9.64 Å². The summed E-state index contributed by atoms with van der Waals surface area (Å²) in [6.45, 7) is 0.533. The summed E-state index contributed by atoms with van der Waals surface area (Å²) in [6.07, 6.45) is 0.150. The zero-order chi connectivity index (χ0) is 24.9. The largest absolute Gasteiger partial charge is 0.573 e. The summed E-state index contributed by atoms with van der Waals surface area (Å²) in [5.74, 6) is -1.92. The van der Waals surface area contributed by atoms with E-state index in [0.29, 0.717) is 19.4 Å². The molecule has 0 amide bonds. The van der Waals surface area contributed by atoms with Crippen LogP contribution >= 0.6 is 11.6 Å². The highest BCUT2D eigenvalue weighted by Crippen LogP contribution is 2.45. The van der Waals surface area contributed by atoms with Gasteiger partial charge in [0.05, 0.1) is 5.56 Å². The van der Waals surface area contributed by atoms with Crippen molar-refractivity contribution in [3.8, 4) is 11.5 Å². The highest BCUT2D eigenvalue weighted by molar-refractivity contribution is 6.30. The molecular formula is C25H24ClF4NO4. The second-order valence-corrected chi connectivity index (χ2v) is 9.99. The molecule has 3 atom stereocenters. The number of nitrogens with zero attached hydrogens (tertiary/aromatic N) is 1. The summed E-state index contributed by atoms with van der Waals surface area (Å²) < 4.78 is 62.3. The van der Waals surface area contributed by atoms with Gasteiger partial charge in [-0.15, -0.1) is 13.2 Å². The van der Waals surface area contributed by atoms with Gasteiger partial charge in [-0.05, 0) is 79.8 Å². The molecule has 1 N–H and O–H groups in total. The topological polar surface area (TPSA) is 59.0 Å². The van der Waals surface area contributed by atoms with Gasteiger partial charge in [0.1, 0.15) is 23.4 Å². The highest BCUT2D eigenvalue weighted by atomic mass is 35.5. The van der Waals surface area contributed by atoms with Gasteiger partial charge < -0.3 is 14.6 Å². The number of carboxylic acids is 1. The van der Waals surface area contributed by atoms with E-state index in [9.17, 15) is 27.5 Å². The molecule has 2 unspecified atom stereocenters. The molecule has 0 radical (unpaired) electrons. The van der Waals surface area contributed by atoms with Crippen LogP contribution in [0.3, 0.4) is 0 Å². The Bertz CT molecular complexity index is 1120. The van der Waals surface area contributed by atoms with Crippen molar-refractivity contribution in [2.24, 2.45) is 0 Å². The number of hydrogen-bond acceptors (Lipinski definition) is 4. The lowest BCUT2D eigenvalue weighted by Gasteiger charge is -2.39. The number of ether oxygens (including phenoxy) is 2. The van der Waals surface area contributed by atoms with Crippen LogP contribution in [0.4, 0.5) is 17.6 Å². The van der Waals surface area contributed by atoms with E-state index < -0.39 is 23.9 Å². The number of piperidine rings is 1. The zero-order valence-electron chi connectivity index (χ0n) is 18.7. The molecule has 188 valence electrons. The molecule has 0 aromatic heterocycles. The van der Waals surface area contributed by atoms with E-state index >= 15 is 0 Å². The van der Waals surface area contributed by atoms with Crippen LogP contribution in [-0.2, 0) is 6.54 Å². The number of alkyl halides is 3. The maximum absolute atomic E-state index is 14.5. The molecule has 10 heteroatoms. The Balaban J connectivity index is 1.29. The number of aromatic carboxylic acids is 1. The van der Waals surface area contributed by atoms with Gasteiger partial charge in [-0.25, -0.2) is 9.18 Å². The van der Waals surface area contributed by atoms with Crippen LogP contribution in [0.1, 0.15) is 65.9 Å². The van der Waals surface area contributed by atoms with Gasteiger partial charge in [-0.1, -0.05) is 11.6 Å². The number of carbonyl (C=O) groups is 1. The lowest BCUT2D eigenvalue weighted by Crippen LogP contribution is -2.45. The van der Waals surface area contributed by atoms with Crippen molar-refractivity contribution in [3.05, 3.63) is 57.9 Å². The van der Waals surface area contributed by atoms with E-state index in [1.807, 2.05) is 0 Å². The monoisotopic (exact) mass is 513 g/mol. The average molecular weight is 514 g/mol. The van der Waals surface area contributed by atoms with Crippen molar-refractivity contribution < 1.29 is 36.9 Å². The van der Waals surface area contributed by atoms with Gasteiger partial charge in [0.15, 0.2) is 0 Å². The van der Waals surface area contributed by atoms with Crippen molar-refractivity contribution in [3.63, 3.8) is 0 Å². The van der Waals surface area contributed by atoms with Crippen LogP contribution < -0.4 is 9.47 Å². The molecule has 2 aromatic carbocycles. The van der Waals surface area contributed by atoms with Crippen LogP contribution in [0.15, 0.2) is 30.3 Å². The van der Waals surface area contributed by atoms with Crippen LogP contribution in [-0.4, -0.2) is 40.5 Å². The fourth-order valence-electron chi connectivity index (χ4n) is 5.47. The molecule has 2 aromatic rings. The minimum atomic E-state index is -4.83. The van der Waals surface area contributed by atoms with Gasteiger partial charge in [0, 0.05) is 29.7 Å². The minimum absolute atomic E-state index is 0.0848. The first-order valence-electron chi connectivity index (χ1n) is 11.6. The Kier molecular flexibility index (Phi) is 6.34. The highest BCUT2D eigenvalue weighted by Gasteiger charge is 2.42. The number of hydrogen-bond donors (Lipinski definition) is 1. The Morgan fingerprint density at radius 1 is 1.03 bits per heavy atom. The van der Waals surface area contributed by atoms with Crippen LogP contribution in [0.25, 0.3) is 0 Å². The van der Waals surface area contributed by atoms with E-state index in [-0.39, 0.29) is 40.4 Å². The van der Waals surface area contributed by atoms with E-state index in [1.54, 1.807) is 0 Å². The first kappa shape index (κ1) is 24.2. The Labute approximate surface area is 204 Å². The SMILES string of the molecule is O=C(O)c1cc(C2CC2)c(CN2C3CC[C@@H]2CC(Oc2cc(Cl)cc(OC(F)(F)F)c2)C3)cc1F. The van der Waals surface area contributed by atoms with Gasteiger partial charge in [-0.2, -0.15) is 0 Å². The van der Waals surface area contributed by atoms with E-state index in [4.69, 9.17) is 16.3 Å². The predicted molar refractivity (Wildman–Crippen MR) is 119 cm³/mol. The minimum Gasteiger partial charge on any atom is -0.490 e. The molecule has 0 spiro atoms. The fraction of sp³-hybridized carbons (Fsp3) is 0.480. The molecule has 5 nitrogen and oxygen atoms in total. The van der Waals surface area contributed by atoms with Gasteiger partial charge in [0.2, 0.25) is 0 Å². The normalized spacial score (nSPS) is 24.4. The van der Waals surface area contributed by atoms with Crippen molar-refractivity contribution in [2.75, 3.05) is 0 Å². The summed E-state index contributed by atoms with van der Waals surface area (Å²) in [7, 11) is 0. The summed E-state index contributed by atoms with van der Waals surface area (Å²) >= 11 is 5.97. The maximum Gasteiger partial charge on any atom is 0.573 e. The third-order valence-electron chi connectivity index (χ3n) is 7.05. The summed E-state index contributed by atoms with van der Waals surface area (Å²) in [5.41, 5.74) is 1.45. The average Bonchev–Trinajstić information content (AvgIpc) is 3.53. The number of benzene rings is 2. The van der Waals surface area contributed by atoms with Crippen LogP contribution in [0.2, 0.25) is 5.02 Å². The van der Waals surface area contributed by atoms with Crippen molar-refractivity contribution >= 4 is 17.6 Å². The van der Waals surface area contributed by atoms with Crippen LogP contribution in [0.5, 0.6) is 11.5 Å². The zero-order valence-corrected chi connectivity index (χ0v) is 19.4. The molecule has 2 saturated heterocycles. The third kappa shape index (κ3) is 5.51. The summed E-state index contributed by atoms with van der Waals surface area (Å²) in [6, 6.07) is 6.95. The molecule has 1 saturated carbocycles. The number of fused-ring (bicyclic) bond motifs is 2. The Morgan fingerprint density at radius 2 is 1.69 bits per heavy atom. The van der Waals surface area contributed by atoms with Crippen molar-refractivity contribution in [1.82, 2.24) is 4.90 Å². The summed E-state index contributed by atoms with van der Waals surface area (Å²) in [5, 5.41) is 9.39. The molecule has 35 heavy (non-hydrogen) atoms. The number of rotatable bonds is 7. The molecule has 2 bridgehead atoms. The smallest absolute Gasteiger partial charge is 0.490 e. The predicted octanol–water partition coefficient (Wildman–Crippen LogP) is 6.53. The van der Waals surface area contributed by atoms with Gasteiger partial charge >= 0.3 is 12.3 Å². The maximum atomic E-state index is 14.5. The quantitative estimate of drug-likeness (QED) is 0.427. The fourth-order valence-corrected chi connectivity index (χ4v) is 5.69. The van der Waals surface area contributed by atoms with Crippen molar-refractivity contribution in [1.29, 1.82) is 0 Å². The molecule has 3 aliphatic rings.